The van der Waals surface area contributed by atoms with Gasteiger partial charge in [0.1, 0.15) is 10.7 Å². The second-order valence-electron chi connectivity index (χ2n) is 3.64. The molecule has 5 heteroatoms. The summed E-state index contributed by atoms with van der Waals surface area (Å²) in [5.41, 5.74) is 1.87. The number of aromatic nitrogens is 3. The zero-order chi connectivity index (χ0) is 10.3. The number of ether oxygens (including phenoxy) is 1. The first-order valence-corrected chi connectivity index (χ1v) is 5.30. The maximum Gasteiger partial charge on any atom is 0.129 e. The summed E-state index contributed by atoms with van der Waals surface area (Å²) in [5.74, 6) is 0. The number of hydrogen-bond acceptors (Lipinski definition) is 3. The molecule has 4 nitrogen and oxygen atoms in total. The molecular formula is C10H10ClN3O. The molecule has 15 heavy (non-hydrogen) atoms. The topological polar surface area (TPSA) is 39.9 Å². The minimum absolute atomic E-state index is 0.338. The largest absolute Gasteiger partial charge is 0.379 e. The number of nitrogens with zero attached hydrogens (tertiary/aromatic N) is 3. The van der Waals surface area contributed by atoms with Crippen LogP contribution in [0.3, 0.4) is 0 Å². The lowest BCUT2D eigenvalue weighted by molar-refractivity contribution is 0.185. The molecule has 0 amide bonds. The van der Waals surface area contributed by atoms with Crippen molar-refractivity contribution in [2.24, 2.45) is 0 Å². The second-order valence-corrected chi connectivity index (χ2v) is 4.03. The lowest BCUT2D eigenvalue weighted by atomic mass is 10.2. The van der Waals surface area contributed by atoms with Crippen LogP contribution in [0.4, 0.5) is 0 Å². The molecule has 2 aromatic rings. The highest BCUT2D eigenvalue weighted by molar-refractivity contribution is 6.29. The Labute approximate surface area is 91.8 Å². The Morgan fingerprint density at radius 2 is 2.40 bits per heavy atom. The summed E-state index contributed by atoms with van der Waals surface area (Å²) in [6.45, 7) is 1.55. The summed E-state index contributed by atoms with van der Waals surface area (Å²) in [6.07, 6.45) is 2.76. The van der Waals surface area contributed by atoms with Gasteiger partial charge >= 0.3 is 0 Å². The predicted octanol–water partition coefficient (Wildman–Crippen LogP) is 2.05. The number of halogens is 1. The highest BCUT2D eigenvalue weighted by Gasteiger charge is 2.20. The van der Waals surface area contributed by atoms with Gasteiger partial charge in [-0.15, -0.1) is 0 Å². The van der Waals surface area contributed by atoms with Crippen LogP contribution in [0.25, 0.3) is 11.0 Å². The number of rotatable bonds is 1. The van der Waals surface area contributed by atoms with Gasteiger partial charge in [-0.25, -0.2) is 4.98 Å². The van der Waals surface area contributed by atoms with Gasteiger partial charge in [0, 0.05) is 6.61 Å². The van der Waals surface area contributed by atoms with Crippen LogP contribution >= 0.6 is 11.6 Å². The van der Waals surface area contributed by atoms with Crippen molar-refractivity contribution in [3.63, 3.8) is 0 Å². The fourth-order valence-electron chi connectivity index (χ4n) is 1.92. The Morgan fingerprint density at radius 3 is 3.20 bits per heavy atom. The van der Waals surface area contributed by atoms with Crippen LogP contribution in [0.15, 0.2) is 18.3 Å². The minimum Gasteiger partial charge on any atom is -0.379 e. The molecule has 3 heterocycles. The lowest BCUT2D eigenvalue weighted by Crippen LogP contribution is -2.09. The Kier molecular flexibility index (Phi) is 2.11. The molecule has 78 valence electrons. The monoisotopic (exact) mass is 223 g/mol. The lowest BCUT2D eigenvalue weighted by Gasteiger charge is -2.09. The average Bonchev–Trinajstić information content (AvgIpc) is 2.82. The fraction of sp³-hybridized carbons (Fsp3) is 0.400. The van der Waals surface area contributed by atoms with Crippen molar-refractivity contribution < 1.29 is 4.74 Å². The molecule has 1 unspecified atom stereocenters. The third kappa shape index (κ3) is 1.50. The molecule has 1 fully saturated rings. The van der Waals surface area contributed by atoms with Crippen molar-refractivity contribution in [1.29, 1.82) is 0 Å². The van der Waals surface area contributed by atoms with Crippen LogP contribution < -0.4 is 0 Å². The molecule has 3 rings (SSSR count). The summed E-state index contributed by atoms with van der Waals surface area (Å²) in [5, 5.41) is 4.84. The number of fused-ring (bicyclic) bond motifs is 1. The fourth-order valence-corrected chi connectivity index (χ4v) is 2.07. The average molecular weight is 224 g/mol. The van der Waals surface area contributed by atoms with Gasteiger partial charge in [-0.2, -0.15) is 5.10 Å². The smallest absolute Gasteiger partial charge is 0.129 e. The summed E-state index contributed by atoms with van der Waals surface area (Å²) in [4.78, 5) is 4.21. The van der Waals surface area contributed by atoms with E-state index in [1.807, 2.05) is 10.7 Å². The van der Waals surface area contributed by atoms with Crippen molar-refractivity contribution in [3.8, 4) is 0 Å². The second kappa shape index (κ2) is 3.47. The van der Waals surface area contributed by atoms with Crippen molar-refractivity contribution in [2.45, 2.75) is 12.5 Å². The third-order valence-electron chi connectivity index (χ3n) is 2.67. The quantitative estimate of drug-likeness (QED) is 0.695. The van der Waals surface area contributed by atoms with Crippen LogP contribution in [0.2, 0.25) is 5.15 Å². The summed E-state index contributed by atoms with van der Waals surface area (Å²) >= 11 is 5.81. The van der Waals surface area contributed by atoms with Crippen molar-refractivity contribution in [1.82, 2.24) is 14.8 Å². The first kappa shape index (κ1) is 9.12. The van der Waals surface area contributed by atoms with Gasteiger partial charge in [-0.1, -0.05) is 11.6 Å². The molecule has 1 aliphatic heterocycles. The molecule has 1 saturated heterocycles. The Bertz CT molecular complexity index is 490. The van der Waals surface area contributed by atoms with Gasteiger partial charge in [0.05, 0.1) is 24.4 Å². The normalized spacial score (nSPS) is 21.3. The molecule has 0 radical (unpaired) electrons. The van der Waals surface area contributed by atoms with Crippen molar-refractivity contribution in [2.75, 3.05) is 13.2 Å². The summed E-state index contributed by atoms with van der Waals surface area (Å²) < 4.78 is 7.32. The van der Waals surface area contributed by atoms with E-state index in [1.54, 1.807) is 12.3 Å². The molecule has 0 aromatic carbocycles. The molecule has 1 atom stereocenters. The molecule has 0 bridgehead atoms. The number of hydrogen-bond donors (Lipinski definition) is 0. The van der Waals surface area contributed by atoms with Crippen LogP contribution in [-0.4, -0.2) is 28.0 Å². The maximum atomic E-state index is 5.81. The summed E-state index contributed by atoms with van der Waals surface area (Å²) in [6, 6.07) is 4.08. The number of pyridine rings is 1. The third-order valence-corrected chi connectivity index (χ3v) is 2.88. The zero-order valence-corrected chi connectivity index (χ0v) is 8.81. The van der Waals surface area contributed by atoms with Crippen LogP contribution in [-0.2, 0) is 4.74 Å². The first-order chi connectivity index (χ1) is 7.34. The van der Waals surface area contributed by atoms with E-state index in [0.29, 0.717) is 11.2 Å². The molecular weight excluding hydrogens is 214 g/mol. The molecule has 0 N–H and O–H groups in total. The maximum absolute atomic E-state index is 5.81. The molecule has 0 saturated carbocycles. The summed E-state index contributed by atoms with van der Waals surface area (Å²) in [7, 11) is 0. The predicted molar refractivity (Wildman–Crippen MR) is 57.0 cm³/mol. The van der Waals surface area contributed by atoms with Gasteiger partial charge in [-0.05, 0) is 18.6 Å². The van der Waals surface area contributed by atoms with Gasteiger partial charge in [0.15, 0.2) is 0 Å². The zero-order valence-electron chi connectivity index (χ0n) is 8.06. The Morgan fingerprint density at radius 1 is 1.47 bits per heavy atom. The van der Waals surface area contributed by atoms with Gasteiger partial charge in [0.2, 0.25) is 0 Å². The van der Waals surface area contributed by atoms with E-state index in [0.717, 1.165) is 30.7 Å². The van der Waals surface area contributed by atoms with Crippen LogP contribution in [0.1, 0.15) is 12.5 Å². The molecule has 0 aliphatic carbocycles. The van der Waals surface area contributed by atoms with Crippen LogP contribution in [0.5, 0.6) is 0 Å². The SMILES string of the molecule is Clc1ccc2c(cnn2C2CCOC2)n1. The first-order valence-electron chi connectivity index (χ1n) is 4.92. The standard InChI is InChI=1S/C10H10ClN3O/c11-10-2-1-9-8(13-10)5-12-14(9)7-3-4-15-6-7/h1-2,5,7H,3-4,6H2. The highest BCUT2D eigenvalue weighted by Crippen LogP contribution is 2.23. The van der Waals surface area contributed by atoms with Crippen molar-refractivity contribution in [3.05, 3.63) is 23.5 Å². The van der Waals surface area contributed by atoms with E-state index >= 15 is 0 Å². The van der Waals surface area contributed by atoms with Gasteiger partial charge in [-0.3, -0.25) is 4.68 Å². The molecule has 0 spiro atoms. The Hall–Kier alpha value is -1.13. The van der Waals surface area contributed by atoms with E-state index in [9.17, 15) is 0 Å². The van der Waals surface area contributed by atoms with Crippen LogP contribution in [0, 0.1) is 0 Å². The van der Waals surface area contributed by atoms with E-state index in [1.165, 1.54) is 0 Å². The van der Waals surface area contributed by atoms with E-state index in [-0.39, 0.29) is 0 Å². The highest BCUT2D eigenvalue weighted by atomic mass is 35.5. The van der Waals surface area contributed by atoms with Gasteiger partial charge < -0.3 is 4.74 Å². The Balaban J connectivity index is 2.11. The van der Waals surface area contributed by atoms with Gasteiger partial charge in [0.25, 0.3) is 0 Å². The van der Waals surface area contributed by atoms with E-state index in [4.69, 9.17) is 16.3 Å². The van der Waals surface area contributed by atoms with E-state index in [2.05, 4.69) is 10.1 Å². The minimum atomic E-state index is 0.338. The van der Waals surface area contributed by atoms with E-state index < -0.39 is 0 Å². The molecule has 2 aromatic heterocycles. The molecule has 1 aliphatic rings. The van der Waals surface area contributed by atoms with Crippen molar-refractivity contribution >= 4 is 22.6 Å².